The smallest absolute Gasteiger partial charge is 0.234 e. The first kappa shape index (κ1) is 17.0. The van der Waals surface area contributed by atoms with Crippen molar-refractivity contribution in [1.29, 1.82) is 0 Å². The van der Waals surface area contributed by atoms with Gasteiger partial charge >= 0.3 is 0 Å². The molecule has 0 saturated heterocycles. The van der Waals surface area contributed by atoms with E-state index in [1.165, 1.54) is 24.8 Å². The maximum Gasteiger partial charge on any atom is 0.234 e. The van der Waals surface area contributed by atoms with Gasteiger partial charge in [-0.3, -0.25) is 9.69 Å². The third-order valence-electron chi connectivity index (χ3n) is 4.52. The number of nitrogens with two attached hydrogens (primary N) is 1. The summed E-state index contributed by atoms with van der Waals surface area (Å²) in [6.45, 7) is 4.75. The number of hydrogen-bond donors (Lipinski definition) is 2. The summed E-state index contributed by atoms with van der Waals surface area (Å²) in [4.78, 5) is 14.5. The van der Waals surface area contributed by atoms with Crippen LogP contribution in [0, 0.1) is 5.92 Å². The highest BCUT2D eigenvalue weighted by Gasteiger charge is 2.23. The zero-order chi connectivity index (χ0) is 15.8. The first-order valence-electron chi connectivity index (χ1n) is 8.44. The van der Waals surface area contributed by atoms with E-state index < -0.39 is 0 Å². The number of rotatable bonds is 7. The molecule has 1 saturated carbocycles. The van der Waals surface area contributed by atoms with E-state index in [-0.39, 0.29) is 5.91 Å². The van der Waals surface area contributed by atoms with Crippen molar-refractivity contribution in [3.05, 3.63) is 35.9 Å². The van der Waals surface area contributed by atoms with Gasteiger partial charge < -0.3 is 11.1 Å². The second-order valence-electron chi connectivity index (χ2n) is 6.42. The van der Waals surface area contributed by atoms with Crippen molar-refractivity contribution < 1.29 is 4.79 Å². The fourth-order valence-electron chi connectivity index (χ4n) is 3.22. The van der Waals surface area contributed by atoms with Gasteiger partial charge in [0.1, 0.15) is 0 Å². The average molecular weight is 303 g/mol. The molecule has 2 atom stereocenters. The summed E-state index contributed by atoms with van der Waals surface area (Å²) in [5, 5.41) is 3.22. The standard InChI is InChI=1S/C18H29N3O/c1-15-7-5-6-10-17(15)20-18(22)14-21(12-11-19)13-16-8-3-2-4-9-16/h2-4,8-9,15,17H,5-7,10-14,19H2,1H3,(H,20,22). The molecule has 1 aliphatic carbocycles. The molecule has 2 rings (SSSR count). The highest BCUT2D eigenvalue weighted by Crippen LogP contribution is 2.23. The van der Waals surface area contributed by atoms with Crippen molar-refractivity contribution in [2.75, 3.05) is 19.6 Å². The van der Waals surface area contributed by atoms with E-state index in [9.17, 15) is 4.79 Å². The number of carbonyl (C=O) groups excluding carboxylic acids is 1. The summed E-state index contributed by atoms with van der Waals surface area (Å²) in [6, 6.07) is 10.6. The van der Waals surface area contributed by atoms with Gasteiger partial charge in [0.25, 0.3) is 0 Å². The normalized spacial score (nSPS) is 21.8. The fourth-order valence-corrected chi connectivity index (χ4v) is 3.22. The molecule has 0 radical (unpaired) electrons. The van der Waals surface area contributed by atoms with Crippen LogP contribution in [0.2, 0.25) is 0 Å². The molecule has 1 aromatic carbocycles. The zero-order valence-corrected chi connectivity index (χ0v) is 13.6. The minimum absolute atomic E-state index is 0.128. The molecule has 0 heterocycles. The Morgan fingerprint density at radius 2 is 2.00 bits per heavy atom. The molecule has 4 nitrogen and oxygen atoms in total. The number of carbonyl (C=O) groups is 1. The van der Waals surface area contributed by atoms with Crippen molar-refractivity contribution in [2.45, 2.75) is 45.2 Å². The Bertz CT molecular complexity index is 449. The van der Waals surface area contributed by atoms with Crippen LogP contribution in [0.5, 0.6) is 0 Å². The van der Waals surface area contributed by atoms with Gasteiger partial charge in [0.2, 0.25) is 5.91 Å². The number of amides is 1. The minimum Gasteiger partial charge on any atom is -0.352 e. The Labute approximate surface area is 134 Å². The summed E-state index contributed by atoms with van der Waals surface area (Å²) in [5.41, 5.74) is 6.91. The van der Waals surface area contributed by atoms with Gasteiger partial charge in [-0.05, 0) is 24.3 Å². The highest BCUT2D eigenvalue weighted by molar-refractivity contribution is 5.78. The molecule has 22 heavy (non-hydrogen) atoms. The molecular formula is C18H29N3O. The van der Waals surface area contributed by atoms with Crippen molar-refractivity contribution in [3.8, 4) is 0 Å². The molecular weight excluding hydrogens is 274 g/mol. The lowest BCUT2D eigenvalue weighted by atomic mass is 9.86. The summed E-state index contributed by atoms with van der Waals surface area (Å²) in [5.74, 6) is 0.720. The Hall–Kier alpha value is -1.39. The average Bonchev–Trinajstić information content (AvgIpc) is 2.51. The summed E-state index contributed by atoms with van der Waals surface area (Å²) in [7, 11) is 0. The molecule has 122 valence electrons. The van der Waals surface area contributed by atoms with Gasteiger partial charge in [-0.2, -0.15) is 0 Å². The van der Waals surface area contributed by atoms with Crippen LogP contribution in [0.4, 0.5) is 0 Å². The molecule has 0 aliphatic heterocycles. The second kappa shape index (κ2) is 8.91. The zero-order valence-electron chi connectivity index (χ0n) is 13.6. The van der Waals surface area contributed by atoms with Gasteiger partial charge in [0.05, 0.1) is 6.54 Å². The maximum absolute atomic E-state index is 12.3. The predicted molar refractivity (Wildman–Crippen MR) is 90.3 cm³/mol. The van der Waals surface area contributed by atoms with Gasteiger partial charge in [-0.15, -0.1) is 0 Å². The number of nitrogens with zero attached hydrogens (tertiary/aromatic N) is 1. The van der Waals surface area contributed by atoms with E-state index in [4.69, 9.17) is 5.73 Å². The minimum atomic E-state index is 0.128. The van der Waals surface area contributed by atoms with Gasteiger partial charge in [-0.25, -0.2) is 0 Å². The van der Waals surface area contributed by atoms with Crippen LogP contribution in [0.25, 0.3) is 0 Å². The molecule has 1 aromatic rings. The molecule has 4 heteroatoms. The molecule has 1 amide bonds. The Morgan fingerprint density at radius 3 is 2.68 bits per heavy atom. The Morgan fingerprint density at radius 1 is 1.27 bits per heavy atom. The summed E-state index contributed by atoms with van der Waals surface area (Å²) < 4.78 is 0. The topological polar surface area (TPSA) is 58.4 Å². The van der Waals surface area contributed by atoms with E-state index in [0.29, 0.717) is 25.0 Å². The monoisotopic (exact) mass is 303 g/mol. The molecule has 3 N–H and O–H groups in total. The van der Waals surface area contributed by atoms with Gasteiger partial charge in [0.15, 0.2) is 0 Å². The van der Waals surface area contributed by atoms with Crippen molar-refractivity contribution in [3.63, 3.8) is 0 Å². The Balaban J connectivity index is 1.85. The third-order valence-corrected chi connectivity index (χ3v) is 4.52. The van der Waals surface area contributed by atoms with Crippen LogP contribution in [-0.4, -0.2) is 36.5 Å². The molecule has 2 unspecified atom stereocenters. The van der Waals surface area contributed by atoms with E-state index in [1.54, 1.807) is 0 Å². The van der Waals surface area contributed by atoms with Crippen LogP contribution in [0.15, 0.2) is 30.3 Å². The van der Waals surface area contributed by atoms with Crippen molar-refractivity contribution in [1.82, 2.24) is 10.2 Å². The number of benzene rings is 1. The van der Waals surface area contributed by atoms with E-state index >= 15 is 0 Å². The van der Waals surface area contributed by atoms with Crippen LogP contribution in [0.1, 0.15) is 38.2 Å². The number of nitrogens with one attached hydrogen (secondary N) is 1. The first-order valence-corrected chi connectivity index (χ1v) is 8.44. The lowest BCUT2D eigenvalue weighted by Gasteiger charge is -2.30. The third kappa shape index (κ3) is 5.43. The van der Waals surface area contributed by atoms with E-state index in [1.807, 2.05) is 18.2 Å². The predicted octanol–water partition coefficient (Wildman–Crippen LogP) is 2.14. The summed E-state index contributed by atoms with van der Waals surface area (Å²) in [6.07, 6.45) is 4.86. The number of hydrogen-bond acceptors (Lipinski definition) is 3. The van der Waals surface area contributed by atoms with Crippen molar-refractivity contribution >= 4 is 5.91 Å². The SMILES string of the molecule is CC1CCCCC1NC(=O)CN(CCN)Cc1ccccc1. The largest absolute Gasteiger partial charge is 0.352 e. The van der Waals surface area contributed by atoms with Crippen molar-refractivity contribution in [2.24, 2.45) is 11.7 Å². The molecule has 1 fully saturated rings. The maximum atomic E-state index is 12.3. The quantitative estimate of drug-likeness (QED) is 0.811. The fraction of sp³-hybridized carbons (Fsp3) is 0.611. The van der Waals surface area contributed by atoms with Crippen LogP contribution >= 0.6 is 0 Å². The summed E-state index contributed by atoms with van der Waals surface area (Å²) >= 11 is 0. The van der Waals surface area contributed by atoms with Gasteiger partial charge in [-0.1, -0.05) is 50.1 Å². The molecule has 0 aromatic heterocycles. The first-order chi connectivity index (χ1) is 10.7. The lowest BCUT2D eigenvalue weighted by molar-refractivity contribution is -0.123. The molecule has 0 spiro atoms. The molecule has 1 aliphatic rings. The second-order valence-corrected chi connectivity index (χ2v) is 6.42. The van der Waals surface area contributed by atoms with E-state index in [0.717, 1.165) is 19.5 Å². The van der Waals surface area contributed by atoms with E-state index in [2.05, 4.69) is 29.3 Å². The van der Waals surface area contributed by atoms with Crippen LogP contribution in [-0.2, 0) is 11.3 Å². The van der Waals surface area contributed by atoms with Crippen LogP contribution < -0.4 is 11.1 Å². The van der Waals surface area contributed by atoms with Gasteiger partial charge in [0, 0.05) is 25.7 Å². The Kier molecular flexibility index (Phi) is 6.87. The lowest BCUT2D eigenvalue weighted by Crippen LogP contribution is -2.46. The highest BCUT2D eigenvalue weighted by atomic mass is 16.2. The molecule has 0 bridgehead atoms. The van der Waals surface area contributed by atoms with Crippen LogP contribution in [0.3, 0.4) is 0 Å².